The predicted octanol–water partition coefficient (Wildman–Crippen LogP) is -0.637. The molecule has 1 aromatic carbocycles. The number of esters is 1. The van der Waals surface area contributed by atoms with Crippen molar-refractivity contribution in [2.75, 3.05) is 19.5 Å². The third kappa shape index (κ3) is 6.24. The van der Waals surface area contributed by atoms with Gasteiger partial charge in [0.15, 0.2) is 12.3 Å². The lowest BCUT2D eigenvalue weighted by atomic mass is 10.1. The summed E-state index contributed by atoms with van der Waals surface area (Å²) in [7, 11) is -3.73. The summed E-state index contributed by atoms with van der Waals surface area (Å²) >= 11 is 0. The molecule has 14 heteroatoms. The van der Waals surface area contributed by atoms with Crippen LogP contribution in [0.2, 0.25) is 0 Å². The number of carbonyl (C=O) groups excluding carboxylic acids is 1. The fraction of sp³-hybridized carbons (Fsp3) is 0.421. The van der Waals surface area contributed by atoms with E-state index in [0.29, 0.717) is 5.56 Å². The highest BCUT2D eigenvalue weighted by Crippen LogP contribution is 2.46. The number of nitrogens with zero attached hydrogens (tertiary/aromatic N) is 2. The van der Waals surface area contributed by atoms with E-state index in [1.165, 1.54) is 12.3 Å². The summed E-state index contributed by atoms with van der Waals surface area (Å²) < 4.78 is 33.3. The number of benzene rings is 1. The largest absolute Gasteiger partial charge is 0.473 e. The van der Waals surface area contributed by atoms with Gasteiger partial charge >= 0.3 is 19.5 Å². The Hall–Kier alpha value is -2.64. The molecule has 33 heavy (non-hydrogen) atoms. The second-order valence-electron chi connectivity index (χ2n) is 7.16. The van der Waals surface area contributed by atoms with Crippen molar-refractivity contribution in [2.24, 2.45) is 0 Å². The van der Waals surface area contributed by atoms with Gasteiger partial charge in [-0.25, -0.2) is 14.2 Å². The van der Waals surface area contributed by atoms with Crippen LogP contribution in [-0.2, 0) is 34.3 Å². The van der Waals surface area contributed by atoms with Crippen LogP contribution in [0, 0.1) is 0 Å². The highest BCUT2D eigenvalue weighted by molar-refractivity contribution is 7.47. The maximum Gasteiger partial charge on any atom is 0.473 e. The minimum absolute atomic E-state index is 0.0433. The minimum atomic E-state index is -4.83. The average Bonchev–Trinajstić information content (AvgIpc) is 3.06. The Balaban J connectivity index is 1.65. The van der Waals surface area contributed by atoms with Crippen molar-refractivity contribution in [3.63, 3.8) is 0 Å². The number of anilines is 1. The Morgan fingerprint density at radius 3 is 2.61 bits per heavy atom. The standard InChI is InChI=1S/C19H24N3O10P/c1-29-18(25)12(9-11-5-3-2-4-6-11)32-33(27,28)30-10-13-15(23)16(24)17(31-13)22-8-7-14(20)21-19(22)26/h2-8,12-13,15-17,23-24H,9-10H2,1H3,(H,27,28)(H2,20,21,26)/t12-,13+,15+,16-,17?/m0/s1. The molecule has 0 saturated carbocycles. The molecule has 0 radical (unpaired) electrons. The highest BCUT2D eigenvalue weighted by Gasteiger charge is 2.45. The molecule has 2 aromatic rings. The van der Waals surface area contributed by atoms with E-state index in [4.69, 9.17) is 19.5 Å². The van der Waals surface area contributed by atoms with Crippen molar-refractivity contribution in [1.29, 1.82) is 0 Å². The number of phosphoric ester groups is 1. The predicted molar refractivity (Wildman–Crippen MR) is 112 cm³/mol. The molecular weight excluding hydrogens is 461 g/mol. The Labute approximate surface area is 187 Å². The first-order valence-corrected chi connectivity index (χ1v) is 11.2. The third-order valence-corrected chi connectivity index (χ3v) is 5.85. The monoisotopic (exact) mass is 485 g/mol. The first-order chi connectivity index (χ1) is 15.6. The Morgan fingerprint density at radius 2 is 1.97 bits per heavy atom. The van der Waals surface area contributed by atoms with Gasteiger partial charge in [-0.15, -0.1) is 0 Å². The van der Waals surface area contributed by atoms with Crippen LogP contribution in [0.5, 0.6) is 0 Å². The first-order valence-electron chi connectivity index (χ1n) is 9.75. The lowest BCUT2D eigenvalue weighted by molar-refractivity contribution is -0.150. The number of aliphatic hydroxyl groups excluding tert-OH is 2. The smallest absolute Gasteiger partial charge is 0.467 e. The Kier molecular flexibility index (Phi) is 7.97. The normalized spacial score (nSPS) is 25.3. The zero-order valence-corrected chi connectivity index (χ0v) is 18.4. The van der Waals surface area contributed by atoms with Gasteiger partial charge in [0.1, 0.15) is 24.1 Å². The molecule has 0 aliphatic carbocycles. The number of phosphoric acid groups is 1. The minimum Gasteiger partial charge on any atom is -0.467 e. The lowest BCUT2D eigenvalue weighted by Crippen LogP contribution is -2.36. The summed E-state index contributed by atoms with van der Waals surface area (Å²) in [6.45, 7) is -0.696. The van der Waals surface area contributed by atoms with Gasteiger partial charge in [-0.3, -0.25) is 13.6 Å². The molecule has 3 rings (SSSR count). The van der Waals surface area contributed by atoms with Gasteiger partial charge in [0.2, 0.25) is 0 Å². The maximum atomic E-state index is 12.4. The van der Waals surface area contributed by atoms with E-state index in [1.807, 2.05) is 0 Å². The van der Waals surface area contributed by atoms with E-state index in [0.717, 1.165) is 11.7 Å². The molecule has 6 atom stereocenters. The van der Waals surface area contributed by atoms with Crippen LogP contribution in [0.1, 0.15) is 11.8 Å². The number of ether oxygens (including phenoxy) is 2. The highest BCUT2D eigenvalue weighted by atomic mass is 31.2. The van der Waals surface area contributed by atoms with E-state index in [-0.39, 0.29) is 12.2 Å². The lowest BCUT2D eigenvalue weighted by Gasteiger charge is -2.21. The van der Waals surface area contributed by atoms with Gasteiger partial charge in [0, 0.05) is 12.6 Å². The average molecular weight is 485 g/mol. The number of aliphatic hydroxyl groups is 2. The number of nitrogens with two attached hydrogens (primary N) is 1. The van der Waals surface area contributed by atoms with Crippen LogP contribution >= 0.6 is 7.82 Å². The quantitative estimate of drug-likeness (QED) is 0.260. The van der Waals surface area contributed by atoms with Crippen LogP contribution in [0.15, 0.2) is 47.4 Å². The molecule has 2 unspecified atom stereocenters. The molecule has 2 heterocycles. The SMILES string of the molecule is COC(=O)[C@H](Cc1ccccc1)OP(=O)(O)OC[C@H]1OC(n2ccc(N)nc2=O)[C@@H](O)[C@@H]1O. The molecule has 0 amide bonds. The molecule has 180 valence electrons. The van der Waals surface area contributed by atoms with Crippen molar-refractivity contribution >= 4 is 19.6 Å². The number of methoxy groups -OCH3 is 1. The maximum absolute atomic E-state index is 12.4. The van der Waals surface area contributed by atoms with Crippen molar-refractivity contribution in [1.82, 2.24) is 9.55 Å². The second kappa shape index (κ2) is 10.5. The number of rotatable bonds is 9. The van der Waals surface area contributed by atoms with Gasteiger partial charge in [0.25, 0.3) is 0 Å². The molecule has 1 fully saturated rings. The fourth-order valence-electron chi connectivity index (χ4n) is 3.20. The van der Waals surface area contributed by atoms with E-state index >= 15 is 0 Å². The van der Waals surface area contributed by atoms with Gasteiger partial charge in [-0.05, 0) is 11.6 Å². The zero-order chi connectivity index (χ0) is 24.2. The fourth-order valence-corrected chi connectivity index (χ4v) is 4.08. The summed E-state index contributed by atoms with van der Waals surface area (Å²) in [4.78, 5) is 37.6. The van der Waals surface area contributed by atoms with Gasteiger partial charge in [-0.2, -0.15) is 4.98 Å². The summed E-state index contributed by atoms with van der Waals surface area (Å²) in [6, 6.07) is 9.90. The van der Waals surface area contributed by atoms with Crippen LogP contribution in [0.4, 0.5) is 5.82 Å². The summed E-state index contributed by atoms with van der Waals surface area (Å²) in [5, 5.41) is 20.5. The van der Waals surface area contributed by atoms with E-state index < -0.39 is 56.7 Å². The first kappa shape index (κ1) is 25.0. The second-order valence-corrected chi connectivity index (χ2v) is 8.57. The van der Waals surface area contributed by atoms with Crippen LogP contribution in [0.3, 0.4) is 0 Å². The molecule has 1 aromatic heterocycles. The van der Waals surface area contributed by atoms with E-state index in [1.54, 1.807) is 30.3 Å². The number of aromatic nitrogens is 2. The van der Waals surface area contributed by atoms with Crippen LogP contribution < -0.4 is 11.4 Å². The number of carbonyl (C=O) groups is 1. The molecular formula is C19H24N3O10P. The summed E-state index contributed by atoms with van der Waals surface area (Å²) in [5.74, 6) is -0.933. The molecule has 13 nitrogen and oxygen atoms in total. The van der Waals surface area contributed by atoms with Crippen molar-refractivity contribution < 1.29 is 43.0 Å². The molecule has 5 N–H and O–H groups in total. The van der Waals surface area contributed by atoms with Crippen LogP contribution in [-0.4, -0.2) is 68.8 Å². The Morgan fingerprint density at radius 1 is 1.27 bits per heavy atom. The molecule has 1 aliphatic rings. The molecule has 1 aliphatic heterocycles. The topological polar surface area (TPSA) is 193 Å². The van der Waals surface area contributed by atoms with Crippen LogP contribution in [0.25, 0.3) is 0 Å². The van der Waals surface area contributed by atoms with Crippen molar-refractivity contribution in [2.45, 2.75) is 37.1 Å². The third-order valence-electron chi connectivity index (χ3n) is 4.85. The van der Waals surface area contributed by atoms with Crippen molar-refractivity contribution in [3.05, 3.63) is 58.6 Å². The van der Waals surface area contributed by atoms with Gasteiger partial charge in [-0.1, -0.05) is 30.3 Å². The van der Waals surface area contributed by atoms with Gasteiger partial charge in [0.05, 0.1) is 13.7 Å². The molecule has 0 spiro atoms. The van der Waals surface area contributed by atoms with E-state index in [2.05, 4.69) is 9.72 Å². The number of hydrogen-bond donors (Lipinski definition) is 4. The number of nitrogen functional groups attached to an aromatic ring is 1. The van der Waals surface area contributed by atoms with E-state index in [9.17, 15) is 29.3 Å². The van der Waals surface area contributed by atoms with Crippen molar-refractivity contribution in [3.8, 4) is 0 Å². The Bertz CT molecular complexity index is 1070. The summed E-state index contributed by atoms with van der Waals surface area (Å²) in [5.41, 5.74) is 5.25. The number of hydrogen-bond acceptors (Lipinski definition) is 11. The summed E-state index contributed by atoms with van der Waals surface area (Å²) in [6.07, 6.45) is -6.06. The molecule has 0 bridgehead atoms. The molecule has 1 saturated heterocycles. The zero-order valence-electron chi connectivity index (χ0n) is 17.5. The van der Waals surface area contributed by atoms with Gasteiger partial charge < -0.3 is 30.3 Å².